The lowest BCUT2D eigenvalue weighted by Crippen LogP contribution is -2.51. The van der Waals surface area contributed by atoms with Crippen molar-refractivity contribution in [3.8, 4) is 0 Å². The number of aryl methyl sites for hydroxylation is 2. The molecule has 1 saturated heterocycles. The average Bonchev–Trinajstić information content (AvgIpc) is 2.70. The molecule has 2 aromatic carbocycles. The van der Waals surface area contributed by atoms with Crippen LogP contribution >= 0.6 is 0 Å². The van der Waals surface area contributed by atoms with Gasteiger partial charge in [0.2, 0.25) is 15.9 Å². The summed E-state index contributed by atoms with van der Waals surface area (Å²) >= 11 is 0. The van der Waals surface area contributed by atoms with Gasteiger partial charge >= 0.3 is 0 Å². The number of nitrogens with zero attached hydrogens (tertiary/aromatic N) is 3. The van der Waals surface area contributed by atoms with Gasteiger partial charge in [0.05, 0.1) is 11.4 Å². The number of amides is 1. The van der Waals surface area contributed by atoms with Crippen molar-refractivity contribution in [1.82, 2.24) is 9.21 Å². The zero-order valence-corrected chi connectivity index (χ0v) is 17.4. The molecule has 0 spiro atoms. The van der Waals surface area contributed by atoms with E-state index in [0.29, 0.717) is 18.7 Å². The third-order valence-electron chi connectivity index (χ3n) is 5.14. The number of piperazine rings is 1. The van der Waals surface area contributed by atoms with Gasteiger partial charge in [0.25, 0.3) is 0 Å². The van der Waals surface area contributed by atoms with Crippen LogP contribution in [0, 0.1) is 13.8 Å². The smallest absolute Gasteiger partial charge is 0.243 e. The number of hydrogen-bond acceptors (Lipinski definition) is 4. The fourth-order valence-electron chi connectivity index (χ4n) is 3.38. The largest absolute Gasteiger partial charge is 0.368 e. The van der Waals surface area contributed by atoms with Crippen molar-refractivity contribution in [2.24, 2.45) is 0 Å². The molecule has 1 heterocycles. The van der Waals surface area contributed by atoms with Crippen molar-refractivity contribution in [2.75, 3.05) is 44.7 Å². The molecular weight excluding hydrogens is 374 g/mol. The number of likely N-dealkylation sites (N-methyl/N-ethyl adjacent to an activating group) is 1. The lowest BCUT2D eigenvalue weighted by Gasteiger charge is -2.36. The van der Waals surface area contributed by atoms with E-state index in [1.807, 2.05) is 31.2 Å². The molecule has 0 unspecified atom stereocenters. The predicted octanol–water partition coefficient (Wildman–Crippen LogP) is 2.27. The standard InChI is InChI=1S/C21H27N3O3S/c1-17-9-10-18(2)20(15-17)28(26,27)22(3)16-21(25)24-13-11-23(12-14-24)19-7-5-4-6-8-19/h4-10,15H,11-14,16H2,1-3H3. The average molecular weight is 402 g/mol. The Hall–Kier alpha value is -2.38. The Morgan fingerprint density at radius 2 is 1.64 bits per heavy atom. The minimum absolute atomic E-state index is 0.152. The van der Waals surface area contributed by atoms with Crippen LogP contribution in [0.2, 0.25) is 0 Å². The van der Waals surface area contributed by atoms with Gasteiger partial charge < -0.3 is 9.80 Å². The molecule has 1 amide bonds. The van der Waals surface area contributed by atoms with Gasteiger partial charge in [-0.3, -0.25) is 4.79 Å². The summed E-state index contributed by atoms with van der Waals surface area (Å²) in [4.78, 5) is 16.9. The van der Waals surface area contributed by atoms with E-state index in [1.54, 1.807) is 24.0 Å². The summed E-state index contributed by atoms with van der Waals surface area (Å²) in [7, 11) is -2.24. The van der Waals surface area contributed by atoms with Gasteiger partial charge in [-0.25, -0.2) is 8.42 Å². The van der Waals surface area contributed by atoms with Gasteiger partial charge in [-0.05, 0) is 43.2 Å². The number of hydrogen-bond donors (Lipinski definition) is 0. The first kappa shape index (κ1) is 20.4. The molecule has 0 atom stereocenters. The molecule has 0 radical (unpaired) electrons. The number of para-hydroxylation sites is 1. The van der Waals surface area contributed by atoms with Crippen LogP contribution in [0.1, 0.15) is 11.1 Å². The van der Waals surface area contributed by atoms with E-state index in [0.717, 1.165) is 28.6 Å². The molecule has 1 aliphatic rings. The van der Waals surface area contributed by atoms with Crippen LogP contribution in [0.4, 0.5) is 5.69 Å². The highest BCUT2D eigenvalue weighted by Crippen LogP contribution is 2.21. The molecule has 7 heteroatoms. The van der Waals surface area contributed by atoms with Crippen LogP contribution in [-0.2, 0) is 14.8 Å². The number of carbonyl (C=O) groups is 1. The van der Waals surface area contributed by atoms with Crippen LogP contribution in [-0.4, -0.2) is 63.3 Å². The molecular formula is C21H27N3O3S. The van der Waals surface area contributed by atoms with Crippen molar-refractivity contribution >= 4 is 21.6 Å². The van der Waals surface area contributed by atoms with Crippen LogP contribution in [0.25, 0.3) is 0 Å². The first-order chi connectivity index (χ1) is 13.3. The van der Waals surface area contributed by atoms with Crippen molar-refractivity contribution in [2.45, 2.75) is 18.7 Å². The zero-order chi connectivity index (χ0) is 20.3. The Morgan fingerprint density at radius 1 is 1.00 bits per heavy atom. The van der Waals surface area contributed by atoms with Gasteiger partial charge in [-0.2, -0.15) is 4.31 Å². The topological polar surface area (TPSA) is 60.9 Å². The highest BCUT2D eigenvalue weighted by molar-refractivity contribution is 7.89. The normalized spacial score (nSPS) is 15.1. The monoisotopic (exact) mass is 401 g/mol. The Balaban J connectivity index is 1.62. The maximum absolute atomic E-state index is 12.9. The summed E-state index contributed by atoms with van der Waals surface area (Å²) in [5, 5.41) is 0. The van der Waals surface area contributed by atoms with E-state index >= 15 is 0 Å². The maximum atomic E-state index is 12.9. The fourth-order valence-corrected chi connectivity index (χ4v) is 4.81. The molecule has 0 bridgehead atoms. The number of rotatable bonds is 5. The van der Waals surface area contributed by atoms with Crippen LogP contribution < -0.4 is 4.90 Å². The Kier molecular flexibility index (Phi) is 6.05. The Morgan fingerprint density at radius 3 is 2.29 bits per heavy atom. The van der Waals surface area contributed by atoms with E-state index in [-0.39, 0.29) is 17.3 Å². The number of carbonyl (C=O) groups excluding carboxylic acids is 1. The molecule has 3 rings (SSSR count). The van der Waals surface area contributed by atoms with Crippen molar-refractivity contribution in [1.29, 1.82) is 0 Å². The minimum atomic E-state index is -3.70. The predicted molar refractivity (Wildman–Crippen MR) is 111 cm³/mol. The van der Waals surface area contributed by atoms with E-state index in [9.17, 15) is 13.2 Å². The molecule has 150 valence electrons. The first-order valence-corrected chi connectivity index (χ1v) is 10.8. The van der Waals surface area contributed by atoms with Crippen LogP contribution in [0.15, 0.2) is 53.4 Å². The second kappa shape index (κ2) is 8.32. The highest BCUT2D eigenvalue weighted by atomic mass is 32.2. The third kappa shape index (κ3) is 4.36. The molecule has 0 saturated carbocycles. The fraction of sp³-hybridized carbons (Fsp3) is 0.381. The lowest BCUT2D eigenvalue weighted by atomic mass is 10.2. The van der Waals surface area contributed by atoms with Gasteiger partial charge in [0.1, 0.15) is 0 Å². The third-order valence-corrected chi connectivity index (χ3v) is 7.09. The second-order valence-corrected chi connectivity index (χ2v) is 9.25. The summed E-state index contributed by atoms with van der Waals surface area (Å²) in [6.07, 6.45) is 0. The van der Waals surface area contributed by atoms with Gasteiger partial charge in [0, 0.05) is 38.9 Å². The molecule has 6 nitrogen and oxygen atoms in total. The van der Waals surface area contributed by atoms with Crippen LogP contribution in [0.3, 0.4) is 0 Å². The van der Waals surface area contributed by atoms with Gasteiger partial charge in [0.15, 0.2) is 0 Å². The molecule has 1 fully saturated rings. The van der Waals surface area contributed by atoms with Gasteiger partial charge in [-0.1, -0.05) is 30.3 Å². The lowest BCUT2D eigenvalue weighted by molar-refractivity contribution is -0.131. The summed E-state index contributed by atoms with van der Waals surface area (Å²) in [6, 6.07) is 15.4. The Bertz CT molecular complexity index is 937. The highest BCUT2D eigenvalue weighted by Gasteiger charge is 2.28. The Labute approximate surface area is 167 Å². The summed E-state index contributed by atoms with van der Waals surface area (Å²) in [6.45, 7) is 6.13. The molecule has 2 aromatic rings. The molecule has 0 N–H and O–H groups in total. The van der Waals surface area contributed by atoms with E-state index < -0.39 is 10.0 Å². The van der Waals surface area contributed by atoms with Crippen molar-refractivity contribution in [3.63, 3.8) is 0 Å². The molecule has 28 heavy (non-hydrogen) atoms. The zero-order valence-electron chi connectivity index (χ0n) is 16.6. The van der Waals surface area contributed by atoms with E-state index in [4.69, 9.17) is 0 Å². The van der Waals surface area contributed by atoms with Crippen molar-refractivity contribution < 1.29 is 13.2 Å². The second-order valence-electron chi connectivity index (χ2n) is 7.23. The van der Waals surface area contributed by atoms with Gasteiger partial charge in [-0.15, -0.1) is 0 Å². The summed E-state index contributed by atoms with van der Waals surface area (Å²) in [5.41, 5.74) is 2.70. The SMILES string of the molecule is Cc1ccc(C)c(S(=O)(=O)N(C)CC(=O)N2CCN(c3ccccc3)CC2)c1. The number of benzene rings is 2. The quantitative estimate of drug-likeness (QED) is 0.771. The maximum Gasteiger partial charge on any atom is 0.243 e. The first-order valence-electron chi connectivity index (χ1n) is 9.40. The van der Waals surface area contributed by atoms with Crippen molar-refractivity contribution in [3.05, 3.63) is 59.7 Å². The summed E-state index contributed by atoms with van der Waals surface area (Å²) < 4.78 is 27.0. The molecule has 0 aliphatic carbocycles. The molecule has 1 aliphatic heterocycles. The number of anilines is 1. The minimum Gasteiger partial charge on any atom is -0.368 e. The summed E-state index contributed by atoms with van der Waals surface area (Å²) in [5.74, 6) is -0.163. The van der Waals surface area contributed by atoms with Crippen LogP contribution in [0.5, 0.6) is 0 Å². The molecule has 0 aromatic heterocycles. The van der Waals surface area contributed by atoms with E-state index in [2.05, 4.69) is 17.0 Å². The van der Waals surface area contributed by atoms with E-state index in [1.165, 1.54) is 7.05 Å². The number of sulfonamides is 1.